The third-order valence-electron chi connectivity index (χ3n) is 8.70. The van der Waals surface area contributed by atoms with Gasteiger partial charge < -0.3 is 5.11 Å². The van der Waals surface area contributed by atoms with Crippen LogP contribution in [0.5, 0.6) is 0 Å². The Labute approximate surface area is 147 Å². The molecule has 0 aliphatic heterocycles. The highest BCUT2D eigenvalue weighted by Crippen LogP contribution is 2.67. The molecule has 1 N–H and O–H groups in total. The second kappa shape index (κ2) is 5.31. The SMILES string of the molecule is [2H]C([2H])([2H])C(=O)[C@@]1([2H])CC[C@H]2[C@@H]3CC[C@@H]4C[C@H](O)CC[C@]4(C)[C@H]3CC[C@@]21C. The molecule has 0 aromatic heterocycles. The van der Waals surface area contributed by atoms with E-state index < -0.39 is 23.9 Å². The zero-order valence-electron chi connectivity index (χ0n) is 18.6. The molecule has 4 rings (SSSR count). The maximum absolute atomic E-state index is 12.8. The van der Waals surface area contributed by atoms with Gasteiger partial charge in [0.25, 0.3) is 0 Å². The van der Waals surface area contributed by atoms with Crippen LogP contribution in [-0.2, 0) is 4.79 Å². The third-order valence-corrected chi connectivity index (χ3v) is 8.70. The minimum absolute atomic E-state index is 0.155. The molecule has 2 nitrogen and oxygen atoms in total. The summed E-state index contributed by atoms with van der Waals surface area (Å²) in [6.07, 6.45) is 7.95. The molecule has 0 amide bonds. The van der Waals surface area contributed by atoms with Crippen molar-refractivity contribution >= 4 is 5.78 Å². The normalized spacial score (nSPS) is 62.0. The average Bonchev–Trinajstić information content (AvgIpc) is 2.86. The first-order chi connectivity index (χ1) is 12.4. The van der Waals surface area contributed by atoms with Crippen molar-refractivity contribution in [3.63, 3.8) is 0 Å². The van der Waals surface area contributed by atoms with Crippen LogP contribution < -0.4 is 0 Å². The number of aliphatic hydroxyl groups is 1. The molecule has 4 fully saturated rings. The van der Waals surface area contributed by atoms with Gasteiger partial charge in [0.05, 0.1) is 6.10 Å². The van der Waals surface area contributed by atoms with Crippen LogP contribution in [-0.4, -0.2) is 17.0 Å². The third kappa shape index (κ3) is 2.19. The molecule has 0 aromatic carbocycles. The van der Waals surface area contributed by atoms with E-state index in [2.05, 4.69) is 6.92 Å². The number of hydrogen-bond acceptors (Lipinski definition) is 2. The van der Waals surface area contributed by atoms with E-state index in [1.165, 1.54) is 0 Å². The lowest BCUT2D eigenvalue weighted by Gasteiger charge is -2.60. The Hall–Kier alpha value is -0.370. The summed E-state index contributed by atoms with van der Waals surface area (Å²) in [7, 11) is 0. The number of carbonyl (C=O) groups excluding carboxylic acids is 1. The predicted molar refractivity (Wildman–Crippen MR) is 91.9 cm³/mol. The second-order valence-electron chi connectivity index (χ2n) is 9.39. The lowest BCUT2D eigenvalue weighted by atomic mass is 9.44. The van der Waals surface area contributed by atoms with Gasteiger partial charge in [-0.1, -0.05) is 13.8 Å². The summed E-state index contributed by atoms with van der Waals surface area (Å²) >= 11 is 0. The number of fused-ring (bicyclic) bond motifs is 5. The van der Waals surface area contributed by atoms with Crippen LogP contribution in [0.1, 0.15) is 84.0 Å². The molecule has 4 aliphatic carbocycles. The van der Waals surface area contributed by atoms with Gasteiger partial charge in [0, 0.05) is 11.4 Å². The Balaban J connectivity index is 1.64. The molecule has 4 saturated carbocycles. The largest absolute Gasteiger partial charge is 0.393 e. The summed E-state index contributed by atoms with van der Waals surface area (Å²) in [5.41, 5.74) is -0.262. The maximum atomic E-state index is 12.8. The number of Topliss-reactive ketones (excluding diaryl/α,β-unsaturated/α-hetero) is 1. The summed E-state index contributed by atoms with van der Waals surface area (Å²) in [6, 6.07) is 0. The highest BCUT2D eigenvalue weighted by atomic mass is 16.3. The molecular formula is C21H34O2. The molecule has 0 aromatic rings. The van der Waals surface area contributed by atoms with Crippen LogP contribution in [0.4, 0.5) is 0 Å². The zero-order valence-corrected chi connectivity index (χ0v) is 14.6. The molecule has 130 valence electrons. The van der Waals surface area contributed by atoms with Crippen molar-refractivity contribution in [2.24, 2.45) is 40.4 Å². The van der Waals surface area contributed by atoms with Gasteiger partial charge in [-0.05, 0) is 99.1 Å². The van der Waals surface area contributed by atoms with Gasteiger partial charge in [0.15, 0.2) is 0 Å². The van der Waals surface area contributed by atoms with Crippen molar-refractivity contribution < 1.29 is 15.4 Å². The Morgan fingerprint density at radius 3 is 2.57 bits per heavy atom. The molecule has 4 aliphatic rings. The van der Waals surface area contributed by atoms with Gasteiger partial charge in [0.1, 0.15) is 5.78 Å². The van der Waals surface area contributed by atoms with Crippen molar-refractivity contribution in [2.45, 2.75) is 84.6 Å². The minimum atomic E-state index is -2.68. The Kier molecular flexibility index (Phi) is 2.79. The standard InChI is InChI=1S/C21H34O2/c1-13(22)17-6-7-18-16-5-4-14-12-15(23)8-10-20(14,2)19(16)9-11-21(17,18)3/h14-19,23H,4-12H2,1-3H3/t14-,15-,16+,17-,18+,19+,20+,21-/m1/s1/i1D3,17D. The second-order valence-corrected chi connectivity index (χ2v) is 9.39. The van der Waals surface area contributed by atoms with Gasteiger partial charge in [0.2, 0.25) is 0 Å². The van der Waals surface area contributed by atoms with E-state index >= 15 is 0 Å². The van der Waals surface area contributed by atoms with Crippen LogP contribution >= 0.6 is 0 Å². The maximum Gasteiger partial charge on any atom is 0.133 e. The molecule has 0 bridgehead atoms. The van der Waals surface area contributed by atoms with Crippen molar-refractivity contribution in [2.75, 3.05) is 0 Å². The lowest BCUT2D eigenvalue weighted by molar-refractivity contribution is -0.138. The van der Waals surface area contributed by atoms with E-state index in [0.717, 1.165) is 51.4 Å². The van der Waals surface area contributed by atoms with Gasteiger partial charge in [-0.3, -0.25) is 4.79 Å². The number of carbonyl (C=O) groups is 1. The van der Waals surface area contributed by atoms with Gasteiger partial charge in [-0.15, -0.1) is 0 Å². The van der Waals surface area contributed by atoms with Crippen molar-refractivity contribution in [3.05, 3.63) is 0 Å². The first-order valence-corrected chi connectivity index (χ1v) is 9.66. The van der Waals surface area contributed by atoms with E-state index in [9.17, 15) is 9.90 Å². The number of aliphatic hydroxyl groups excluding tert-OH is 1. The summed E-state index contributed by atoms with van der Waals surface area (Å²) in [4.78, 5) is 12.8. The van der Waals surface area contributed by atoms with E-state index in [1.54, 1.807) is 0 Å². The fourth-order valence-electron chi connectivity index (χ4n) is 7.42. The minimum Gasteiger partial charge on any atom is -0.393 e. The monoisotopic (exact) mass is 322 g/mol. The number of hydrogen-bond donors (Lipinski definition) is 1. The molecule has 8 atom stereocenters. The fourth-order valence-corrected chi connectivity index (χ4v) is 7.42. The van der Waals surface area contributed by atoms with Crippen LogP contribution in [0.25, 0.3) is 0 Å². The Morgan fingerprint density at radius 2 is 1.78 bits per heavy atom. The highest BCUT2D eigenvalue weighted by molar-refractivity contribution is 5.79. The zero-order chi connectivity index (χ0) is 19.8. The Morgan fingerprint density at radius 1 is 1.04 bits per heavy atom. The molecule has 0 saturated heterocycles. The molecule has 23 heavy (non-hydrogen) atoms. The molecule has 0 spiro atoms. The van der Waals surface area contributed by atoms with Crippen molar-refractivity contribution in [1.82, 2.24) is 0 Å². The molecule has 0 radical (unpaired) electrons. The van der Waals surface area contributed by atoms with E-state index in [-0.39, 0.29) is 17.4 Å². The Bertz CT molecular complexity index is 634. The van der Waals surface area contributed by atoms with Crippen LogP contribution in [0.3, 0.4) is 0 Å². The van der Waals surface area contributed by atoms with Gasteiger partial charge in [-0.2, -0.15) is 0 Å². The quantitative estimate of drug-likeness (QED) is 0.766. The molecule has 2 heteroatoms. The van der Waals surface area contributed by atoms with Crippen molar-refractivity contribution in [1.29, 1.82) is 0 Å². The molecule has 0 unspecified atom stereocenters. The van der Waals surface area contributed by atoms with Gasteiger partial charge in [-0.25, -0.2) is 0 Å². The summed E-state index contributed by atoms with van der Waals surface area (Å²) in [6.45, 7) is 1.77. The number of ketones is 1. The summed E-state index contributed by atoms with van der Waals surface area (Å²) < 4.78 is 31.8. The molecule has 0 heterocycles. The van der Waals surface area contributed by atoms with E-state index in [4.69, 9.17) is 5.48 Å². The lowest BCUT2D eigenvalue weighted by Crippen LogP contribution is -2.54. The first-order valence-electron chi connectivity index (χ1n) is 11.7. The average molecular weight is 323 g/mol. The highest BCUT2D eigenvalue weighted by Gasteiger charge is 2.60. The number of rotatable bonds is 1. The predicted octanol–water partition coefficient (Wildman–Crippen LogP) is 4.60. The van der Waals surface area contributed by atoms with E-state index in [0.29, 0.717) is 24.2 Å². The smallest absolute Gasteiger partial charge is 0.133 e. The van der Waals surface area contributed by atoms with Crippen LogP contribution in [0.15, 0.2) is 0 Å². The fraction of sp³-hybridized carbons (Fsp3) is 0.952. The van der Waals surface area contributed by atoms with E-state index in [1.807, 2.05) is 6.92 Å². The van der Waals surface area contributed by atoms with Gasteiger partial charge >= 0.3 is 0 Å². The van der Waals surface area contributed by atoms with Crippen LogP contribution in [0.2, 0.25) is 0 Å². The molecular weight excluding hydrogens is 284 g/mol. The van der Waals surface area contributed by atoms with Crippen LogP contribution in [0, 0.1) is 40.4 Å². The summed E-state index contributed by atoms with van der Waals surface area (Å²) in [5, 5.41) is 10.1. The van der Waals surface area contributed by atoms with Crippen molar-refractivity contribution in [3.8, 4) is 0 Å². The first kappa shape index (κ1) is 12.1. The topological polar surface area (TPSA) is 37.3 Å². The summed E-state index contributed by atoms with van der Waals surface area (Å²) in [5.74, 6) is -0.347.